The quantitative estimate of drug-likeness (QED) is 0.0250. The van der Waals surface area contributed by atoms with Gasteiger partial charge in [-0.25, -0.2) is 0 Å². The second-order valence-electron chi connectivity index (χ2n) is 21.7. The average Bonchev–Trinajstić information content (AvgIpc) is 3.72. The monoisotopic (exact) mass is 1110 g/mol. The molecule has 4 atom stereocenters. The minimum absolute atomic E-state index is 0.000566. The third-order valence-electron chi connectivity index (χ3n) is 14.6. The summed E-state index contributed by atoms with van der Waals surface area (Å²) in [5.74, 6) is -2.23. The normalized spacial score (nSPS) is 14.6. The summed E-state index contributed by atoms with van der Waals surface area (Å²) in [4.78, 5) is 104. The molecule has 1 rings (SSSR count). The summed E-state index contributed by atoms with van der Waals surface area (Å²) in [6.45, 7) is 15.0. The Balaban J connectivity index is 2.62. The lowest BCUT2D eigenvalue weighted by molar-refractivity contribution is -0.140. The van der Waals surface area contributed by atoms with E-state index in [1.165, 1.54) is 64.2 Å². The summed E-state index contributed by atoms with van der Waals surface area (Å²) in [6.07, 6.45) is 27.0. The number of rotatable bonds is 53. The first-order valence-electron chi connectivity index (χ1n) is 31.0. The molecule has 1 heterocycles. The number of hydrogen-bond donors (Lipinski definition) is 6. The lowest BCUT2D eigenvalue weighted by Gasteiger charge is -2.19. The van der Waals surface area contributed by atoms with Crippen LogP contribution in [0.4, 0.5) is 0 Å². The summed E-state index contributed by atoms with van der Waals surface area (Å²) >= 11 is 0. The Morgan fingerprint density at radius 2 is 0.821 bits per heavy atom. The van der Waals surface area contributed by atoms with Gasteiger partial charge >= 0.3 is 0 Å². The van der Waals surface area contributed by atoms with E-state index in [9.17, 15) is 38.4 Å². The van der Waals surface area contributed by atoms with Crippen molar-refractivity contribution in [3.05, 3.63) is 0 Å². The molecule has 18 heteroatoms. The molecule has 0 aromatic rings. The summed E-state index contributed by atoms with van der Waals surface area (Å²) in [6, 6.07) is -1.02. The van der Waals surface area contributed by atoms with Gasteiger partial charge in [-0.15, -0.1) is 0 Å². The van der Waals surface area contributed by atoms with E-state index >= 15 is 0 Å². The molecule has 0 bridgehead atoms. The molecule has 0 aliphatic carbocycles. The number of carbonyl (C=O) groups excluding carboxylic acids is 8. The predicted molar refractivity (Wildman–Crippen MR) is 308 cm³/mol. The summed E-state index contributed by atoms with van der Waals surface area (Å²) in [5, 5.41) is 17.1. The molecule has 6 N–H and O–H groups in total. The lowest BCUT2D eigenvalue weighted by atomic mass is 9.93. The second kappa shape index (κ2) is 48.7. The molecule has 18 nitrogen and oxygen atoms in total. The van der Waals surface area contributed by atoms with Gasteiger partial charge in [0.05, 0.1) is 39.6 Å². The van der Waals surface area contributed by atoms with Crippen LogP contribution in [0.3, 0.4) is 0 Å². The molecule has 1 aliphatic heterocycles. The molecular formula is C60H111N7O11. The van der Waals surface area contributed by atoms with Crippen LogP contribution in [0.15, 0.2) is 0 Å². The first-order valence-corrected chi connectivity index (χ1v) is 31.0. The molecule has 1 saturated heterocycles. The maximum absolute atomic E-state index is 13.4. The zero-order valence-electron chi connectivity index (χ0n) is 49.8. The first kappa shape index (κ1) is 71.9. The van der Waals surface area contributed by atoms with Crippen molar-refractivity contribution in [1.82, 2.24) is 36.8 Å². The Morgan fingerprint density at radius 1 is 0.449 bits per heavy atom. The van der Waals surface area contributed by atoms with Crippen molar-refractivity contribution in [2.75, 3.05) is 78.9 Å². The maximum atomic E-state index is 13.4. The van der Waals surface area contributed by atoms with E-state index in [-0.39, 0.29) is 150 Å². The van der Waals surface area contributed by atoms with Crippen molar-refractivity contribution < 1.29 is 52.6 Å². The van der Waals surface area contributed by atoms with Crippen LogP contribution >= 0.6 is 0 Å². The van der Waals surface area contributed by atoms with Gasteiger partial charge in [0.2, 0.25) is 47.3 Å². The first-order chi connectivity index (χ1) is 37.8. The van der Waals surface area contributed by atoms with Gasteiger partial charge in [0.15, 0.2) is 0 Å². The van der Waals surface area contributed by atoms with Crippen molar-refractivity contribution in [2.24, 2.45) is 23.7 Å². The Hall–Kier alpha value is -4.16. The third kappa shape index (κ3) is 36.9. The van der Waals surface area contributed by atoms with Crippen LogP contribution in [0.2, 0.25) is 0 Å². The highest BCUT2D eigenvalue weighted by Crippen LogP contribution is 2.26. The van der Waals surface area contributed by atoms with Crippen LogP contribution in [0.1, 0.15) is 228 Å². The van der Waals surface area contributed by atoms with Crippen molar-refractivity contribution in [1.29, 1.82) is 0 Å². The number of carbonyl (C=O) groups is 8. The fraction of sp³-hybridized carbons (Fsp3) is 0.867. The van der Waals surface area contributed by atoms with Gasteiger partial charge in [0.1, 0.15) is 6.04 Å². The van der Waals surface area contributed by atoms with Gasteiger partial charge in [0, 0.05) is 82.7 Å². The third-order valence-corrected chi connectivity index (χ3v) is 14.6. The molecule has 8 amide bonds. The topological polar surface area (TPSA) is 240 Å². The van der Waals surface area contributed by atoms with E-state index < -0.39 is 17.9 Å². The highest BCUT2D eigenvalue weighted by Gasteiger charge is 2.39. The van der Waals surface area contributed by atoms with Gasteiger partial charge in [-0.1, -0.05) is 170 Å². The molecule has 0 spiro atoms. The zero-order valence-corrected chi connectivity index (χ0v) is 49.8. The van der Waals surface area contributed by atoms with Crippen LogP contribution in [0.25, 0.3) is 0 Å². The van der Waals surface area contributed by atoms with E-state index in [1.807, 2.05) is 13.8 Å². The summed E-state index contributed by atoms with van der Waals surface area (Å²) < 4.78 is 17.0. The molecule has 452 valence electrons. The number of nitrogens with zero attached hydrogens (tertiary/aromatic N) is 1. The minimum atomic E-state index is -1.02. The van der Waals surface area contributed by atoms with Gasteiger partial charge < -0.3 is 46.1 Å². The SMILES string of the molecule is CCCCCCCCC(CCCCCC)C(=O)NCCOCCNC(=O)CC[C@H](NC(=O)CCOCCNC(=O)CCN1C(=O)CC(C(C)C)C1=O)C(=O)NCCOCCNC(=O)C(CCCCCC)CCCCCCCC. The van der Waals surface area contributed by atoms with Crippen LogP contribution < -0.4 is 31.9 Å². The maximum Gasteiger partial charge on any atom is 0.242 e. The minimum Gasteiger partial charge on any atom is -0.379 e. The fourth-order valence-electron chi connectivity index (χ4n) is 9.60. The van der Waals surface area contributed by atoms with E-state index in [2.05, 4.69) is 59.6 Å². The standard InChI is InChI=1S/C60H111N7O11/c1-7-11-15-19-21-25-29-49(27-23-17-13-9-3)57(72)63-37-44-77-43-36-61-53(68)32-31-52(66-55(70)34-41-76-42-35-62-54(69)33-40-67-56(71)47-51(48(5)6)60(67)75)59(74)65-39-46-78-45-38-64-58(73)50(28-24-18-14-10-4)30-26-22-20-16-12-8-2/h48-52H,7-47H2,1-6H3,(H,61,68)(H,62,69)(H,63,72)(H,64,73)(H,65,74)(H,66,70)/t49?,50?,51?,52-/m0/s1. The highest BCUT2D eigenvalue weighted by molar-refractivity contribution is 6.03. The molecule has 3 unspecified atom stereocenters. The number of amides is 8. The molecule has 1 aliphatic rings. The van der Waals surface area contributed by atoms with Gasteiger partial charge in [-0.3, -0.25) is 43.3 Å². The largest absolute Gasteiger partial charge is 0.379 e. The molecule has 0 aromatic heterocycles. The Bertz CT molecular complexity index is 1640. The molecule has 0 radical (unpaired) electrons. The highest BCUT2D eigenvalue weighted by atomic mass is 16.5. The fourth-order valence-corrected chi connectivity index (χ4v) is 9.60. The van der Waals surface area contributed by atoms with Crippen LogP contribution in [-0.4, -0.2) is 137 Å². The van der Waals surface area contributed by atoms with E-state index in [1.54, 1.807) is 0 Å². The molecule has 78 heavy (non-hydrogen) atoms. The van der Waals surface area contributed by atoms with Crippen molar-refractivity contribution in [3.63, 3.8) is 0 Å². The van der Waals surface area contributed by atoms with Crippen LogP contribution in [-0.2, 0) is 52.6 Å². The van der Waals surface area contributed by atoms with E-state index in [0.717, 1.165) is 94.8 Å². The summed E-state index contributed by atoms with van der Waals surface area (Å²) in [5.41, 5.74) is 0. The number of unbranched alkanes of at least 4 members (excludes halogenated alkanes) is 16. The van der Waals surface area contributed by atoms with Crippen LogP contribution in [0, 0.1) is 23.7 Å². The number of imide groups is 1. The molecule has 0 saturated carbocycles. The van der Waals surface area contributed by atoms with Gasteiger partial charge in [-0.2, -0.15) is 0 Å². The molecular weight excluding hydrogens is 995 g/mol. The van der Waals surface area contributed by atoms with Crippen LogP contribution in [0.5, 0.6) is 0 Å². The zero-order chi connectivity index (χ0) is 57.4. The molecule has 1 fully saturated rings. The Labute approximate surface area is 471 Å². The van der Waals surface area contributed by atoms with Gasteiger partial charge in [-0.05, 0) is 38.0 Å². The number of nitrogens with one attached hydrogen (secondary N) is 6. The Kier molecular flexibility index (Phi) is 44.9. The van der Waals surface area contributed by atoms with E-state index in [4.69, 9.17) is 14.2 Å². The number of hydrogen-bond acceptors (Lipinski definition) is 11. The van der Waals surface area contributed by atoms with Crippen molar-refractivity contribution in [3.8, 4) is 0 Å². The van der Waals surface area contributed by atoms with Gasteiger partial charge in [0.25, 0.3) is 0 Å². The lowest BCUT2D eigenvalue weighted by Crippen LogP contribution is -2.48. The number of ether oxygens (including phenoxy) is 3. The van der Waals surface area contributed by atoms with Crippen molar-refractivity contribution >= 4 is 47.3 Å². The van der Waals surface area contributed by atoms with Crippen molar-refractivity contribution in [2.45, 2.75) is 234 Å². The average molecular weight is 1110 g/mol. The van der Waals surface area contributed by atoms with E-state index in [0.29, 0.717) is 19.7 Å². The second-order valence-corrected chi connectivity index (χ2v) is 21.7. The Morgan fingerprint density at radius 3 is 1.24 bits per heavy atom. The smallest absolute Gasteiger partial charge is 0.242 e. The predicted octanol–water partition coefficient (Wildman–Crippen LogP) is 8.37. The molecule has 0 aromatic carbocycles. The number of likely N-dealkylation sites (tertiary alicyclic amines) is 1. The summed E-state index contributed by atoms with van der Waals surface area (Å²) in [7, 11) is 0.